The van der Waals surface area contributed by atoms with Crippen molar-refractivity contribution in [3.63, 3.8) is 0 Å². The number of rotatable bonds is 4. The lowest BCUT2D eigenvalue weighted by Crippen LogP contribution is -2.32. The minimum atomic E-state index is -4.36. The van der Waals surface area contributed by atoms with E-state index in [1.807, 2.05) is 0 Å². The normalized spacial score (nSPS) is 15.6. The minimum absolute atomic E-state index is 0.0727. The number of hydrogen-bond acceptors (Lipinski definition) is 2. The minimum Gasteiger partial charge on any atom is -0.387 e. The lowest BCUT2D eigenvalue weighted by Gasteiger charge is -2.22. The van der Waals surface area contributed by atoms with Crippen LogP contribution in [0.1, 0.15) is 18.1 Å². The van der Waals surface area contributed by atoms with E-state index in [9.17, 15) is 18.3 Å². The molecule has 1 N–H and O–H groups in total. The van der Waals surface area contributed by atoms with Crippen molar-refractivity contribution in [1.29, 1.82) is 0 Å². The Morgan fingerprint density at radius 2 is 1.94 bits per heavy atom. The van der Waals surface area contributed by atoms with E-state index in [1.165, 1.54) is 20.1 Å². The summed E-state index contributed by atoms with van der Waals surface area (Å²) in [5.74, 6) is 0. The van der Waals surface area contributed by atoms with Gasteiger partial charge in [-0.15, -0.1) is 0 Å². The van der Waals surface area contributed by atoms with Gasteiger partial charge in [-0.25, -0.2) is 0 Å². The second-order valence-electron chi connectivity index (χ2n) is 4.30. The lowest BCUT2D eigenvalue weighted by atomic mass is 9.96. The molecule has 0 aromatic heterocycles. The van der Waals surface area contributed by atoms with E-state index >= 15 is 0 Å². The van der Waals surface area contributed by atoms with Crippen molar-refractivity contribution in [1.82, 2.24) is 0 Å². The number of ether oxygens (including phenoxy) is 1. The van der Waals surface area contributed by atoms with Crippen LogP contribution in [0.4, 0.5) is 13.2 Å². The molecule has 0 aliphatic carbocycles. The Balaban J connectivity index is 2.86. The van der Waals surface area contributed by atoms with Crippen LogP contribution in [0.5, 0.6) is 0 Å². The highest BCUT2D eigenvalue weighted by molar-refractivity contribution is 5.26. The Bertz CT molecular complexity index is 372. The Kier molecular flexibility index (Phi) is 4.16. The summed E-state index contributed by atoms with van der Waals surface area (Å²) in [6.45, 7) is 1.60. The molecule has 0 bridgehead atoms. The van der Waals surface area contributed by atoms with Gasteiger partial charge < -0.3 is 9.84 Å². The van der Waals surface area contributed by atoms with Gasteiger partial charge in [0, 0.05) is 13.5 Å². The first-order chi connectivity index (χ1) is 7.74. The van der Waals surface area contributed by atoms with Crippen molar-refractivity contribution in [2.75, 3.05) is 13.7 Å². The Morgan fingerprint density at radius 3 is 2.47 bits per heavy atom. The molecule has 5 heteroatoms. The van der Waals surface area contributed by atoms with Gasteiger partial charge in [0.25, 0.3) is 0 Å². The molecule has 2 nitrogen and oxygen atoms in total. The molecular formula is C12H15F3O2. The quantitative estimate of drug-likeness (QED) is 0.887. The van der Waals surface area contributed by atoms with Crippen LogP contribution >= 0.6 is 0 Å². The maximum atomic E-state index is 12.5. The molecule has 0 heterocycles. The highest BCUT2D eigenvalue weighted by Gasteiger charge is 2.31. The van der Waals surface area contributed by atoms with E-state index in [0.29, 0.717) is 5.56 Å². The van der Waals surface area contributed by atoms with Crippen LogP contribution in [0.3, 0.4) is 0 Å². The van der Waals surface area contributed by atoms with Crippen molar-refractivity contribution in [2.45, 2.75) is 25.1 Å². The molecular weight excluding hydrogens is 233 g/mol. The second-order valence-corrected chi connectivity index (χ2v) is 4.30. The zero-order valence-electron chi connectivity index (χ0n) is 9.71. The fourth-order valence-corrected chi connectivity index (χ4v) is 1.66. The molecule has 1 unspecified atom stereocenters. The van der Waals surface area contributed by atoms with Gasteiger partial charge in [-0.3, -0.25) is 0 Å². The van der Waals surface area contributed by atoms with Crippen LogP contribution in [0.2, 0.25) is 0 Å². The number of halogens is 3. The lowest BCUT2D eigenvalue weighted by molar-refractivity contribution is -0.137. The highest BCUT2D eigenvalue weighted by Crippen LogP contribution is 2.30. The number of aliphatic hydroxyl groups is 1. The van der Waals surface area contributed by atoms with Crippen molar-refractivity contribution < 1.29 is 23.0 Å². The van der Waals surface area contributed by atoms with Gasteiger partial charge in [0.2, 0.25) is 0 Å². The molecule has 1 atom stereocenters. The first-order valence-electron chi connectivity index (χ1n) is 5.12. The molecule has 0 saturated carbocycles. The smallest absolute Gasteiger partial charge is 0.387 e. The Labute approximate surface area is 98.0 Å². The molecule has 96 valence electrons. The topological polar surface area (TPSA) is 29.5 Å². The summed E-state index contributed by atoms with van der Waals surface area (Å²) in [6, 6.07) is 4.94. The fraction of sp³-hybridized carbons (Fsp3) is 0.500. The first-order valence-corrected chi connectivity index (χ1v) is 5.12. The molecule has 1 aromatic carbocycles. The van der Waals surface area contributed by atoms with Crippen LogP contribution in [-0.4, -0.2) is 24.4 Å². The van der Waals surface area contributed by atoms with E-state index < -0.39 is 17.3 Å². The molecule has 0 fully saturated rings. The summed E-state index contributed by atoms with van der Waals surface area (Å²) in [5, 5.41) is 9.86. The zero-order chi connectivity index (χ0) is 13.1. The number of benzene rings is 1. The molecule has 0 saturated heterocycles. The fourth-order valence-electron chi connectivity index (χ4n) is 1.66. The van der Waals surface area contributed by atoms with Crippen molar-refractivity contribution in [2.24, 2.45) is 0 Å². The summed E-state index contributed by atoms with van der Waals surface area (Å²) in [7, 11) is 1.43. The molecule has 0 radical (unpaired) electrons. The zero-order valence-corrected chi connectivity index (χ0v) is 9.71. The summed E-state index contributed by atoms with van der Waals surface area (Å²) < 4.78 is 42.2. The summed E-state index contributed by atoms with van der Waals surface area (Å²) in [4.78, 5) is 0. The monoisotopic (exact) mass is 248 g/mol. The second kappa shape index (κ2) is 5.06. The predicted molar refractivity (Wildman–Crippen MR) is 57.6 cm³/mol. The molecule has 0 aliphatic rings. The number of methoxy groups -OCH3 is 1. The molecule has 17 heavy (non-hydrogen) atoms. The summed E-state index contributed by atoms with van der Waals surface area (Å²) in [6.07, 6.45) is -4.24. The Morgan fingerprint density at radius 1 is 1.29 bits per heavy atom. The molecule has 0 spiro atoms. The first kappa shape index (κ1) is 14.0. The van der Waals surface area contributed by atoms with Gasteiger partial charge in [-0.05, 0) is 18.6 Å². The standard InChI is InChI=1S/C12H15F3O2/c1-11(16,8-17-2)7-9-4-3-5-10(6-9)12(13,14)15/h3-6,16H,7-8H2,1-2H3. The van der Waals surface area contributed by atoms with Crippen LogP contribution in [-0.2, 0) is 17.3 Å². The third-order valence-electron chi connectivity index (χ3n) is 2.29. The van der Waals surface area contributed by atoms with Crippen molar-refractivity contribution in [3.8, 4) is 0 Å². The van der Waals surface area contributed by atoms with Crippen molar-refractivity contribution in [3.05, 3.63) is 35.4 Å². The van der Waals surface area contributed by atoms with E-state index in [4.69, 9.17) is 4.74 Å². The van der Waals surface area contributed by atoms with Crippen LogP contribution < -0.4 is 0 Å². The van der Waals surface area contributed by atoms with Gasteiger partial charge in [0.05, 0.1) is 17.8 Å². The maximum Gasteiger partial charge on any atom is 0.416 e. The van der Waals surface area contributed by atoms with Gasteiger partial charge in [0.1, 0.15) is 0 Å². The maximum absolute atomic E-state index is 12.5. The Hall–Kier alpha value is -1.07. The van der Waals surface area contributed by atoms with Gasteiger partial charge in [-0.2, -0.15) is 13.2 Å². The number of hydrogen-bond donors (Lipinski definition) is 1. The van der Waals surface area contributed by atoms with Crippen molar-refractivity contribution >= 4 is 0 Å². The number of alkyl halides is 3. The van der Waals surface area contributed by atoms with Gasteiger partial charge >= 0.3 is 6.18 Å². The molecule has 1 rings (SSSR count). The van der Waals surface area contributed by atoms with Crippen LogP contribution in [0, 0.1) is 0 Å². The summed E-state index contributed by atoms with van der Waals surface area (Å²) in [5.41, 5.74) is -1.44. The SMILES string of the molecule is COCC(C)(O)Cc1cccc(C(F)(F)F)c1. The molecule has 0 aliphatic heterocycles. The highest BCUT2D eigenvalue weighted by atomic mass is 19.4. The van der Waals surface area contributed by atoms with Gasteiger partial charge in [-0.1, -0.05) is 18.2 Å². The van der Waals surface area contributed by atoms with Crippen LogP contribution in [0.15, 0.2) is 24.3 Å². The van der Waals surface area contributed by atoms with Gasteiger partial charge in [0.15, 0.2) is 0 Å². The largest absolute Gasteiger partial charge is 0.416 e. The van der Waals surface area contributed by atoms with E-state index in [-0.39, 0.29) is 13.0 Å². The van der Waals surface area contributed by atoms with E-state index in [1.54, 1.807) is 6.07 Å². The predicted octanol–water partition coefficient (Wildman–Crippen LogP) is 2.65. The van der Waals surface area contributed by atoms with E-state index in [2.05, 4.69) is 0 Å². The average molecular weight is 248 g/mol. The third-order valence-corrected chi connectivity index (χ3v) is 2.29. The molecule has 1 aromatic rings. The van der Waals surface area contributed by atoms with Crippen LogP contribution in [0.25, 0.3) is 0 Å². The third kappa shape index (κ3) is 4.36. The molecule has 0 amide bonds. The average Bonchev–Trinajstić information content (AvgIpc) is 2.15. The summed E-state index contributed by atoms with van der Waals surface area (Å²) >= 11 is 0. The van der Waals surface area contributed by atoms with E-state index in [0.717, 1.165) is 12.1 Å².